The lowest BCUT2D eigenvalue weighted by molar-refractivity contribution is -0.124. The molecule has 0 bridgehead atoms. The van der Waals surface area contributed by atoms with Crippen LogP contribution in [0.1, 0.15) is 56.8 Å². The monoisotopic (exact) mass is 664 g/mol. The number of aromatic nitrogens is 1. The van der Waals surface area contributed by atoms with Gasteiger partial charge in [0.1, 0.15) is 18.8 Å². The number of hydrogen-bond acceptors (Lipinski definition) is 8. The summed E-state index contributed by atoms with van der Waals surface area (Å²) in [5, 5.41) is 8.52. The largest absolute Gasteiger partial charge is 0.445 e. The molecule has 12 heteroatoms. The van der Waals surface area contributed by atoms with Crippen LogP contribution in [0.4, 0.5) is 4.79 Å². The van der Waals surface area contributed by atoms with E-state index >= 15 is 0 Å². The Morgan fingerprint density at radius 2 is 1.55 bits per heavy atom. The van der Waals surface area contributed by atoms with Crippen LogP contribution in [0.5, 0.6) is 0 Å². The lowest BCUT2D eigenvalue weighted by atomic mass is 9.95. The zero-order valence-corrected chi connectivity index (χ0v) is 28.2. The Kier molecular flexibility index (Phi) is 11.8. The molecule has 3 N–H and O–H groups in total. The SMILES string of the molecule is CC(C)[C@@H](NC(=O)C[C@@H]1O[C@@H]1[C@H](Cc1ccccc1)NC(=O)[C@@H](NC(=O)OCc1cccnc1)C(C)(C)S(C)(=O)=O)c1ccccc1. The van der Waals surface area contributed by atoms with Crippen molar-refractivity contribution in [3.8, 4) is 0 Å². The van der Waals surface area contributed by atoms with Crippen molar-refractivity contribution in [2.24, 2.45) is 5.92 Å². The van der Waals surface area contributed by atoms with E-state index in [9.17, 15) is 22.8 Å². The molecule has 11 nitrogen and oxygen atoms in total. The minimum atomic E-state index is -3.85. The smallest absolute Gasteiger partial charge is 0.408 e. The number of hydrogen-bond donors (Lipinski definition) is 3. The van der Waals surface area contributed by atoms with E-state index in [0.29, 0.717) is 12.0 Å². The zero-order chi connectivity index (χ0) is 34.2. The van der Waals surface area contributed by atoms with Crippen molar-refractivity contribution in [2.75, 3.05) is 6.26 Å². The molecule has 3 aromatic rings. The van der Waals surface area contributed by atoms with Gasteiger partial charge in [-0.1, -0.05) is 80.6 Å². The van der Waals surface area contributed by atoms with Gasteiger partial charge in [0.25, 0.3) is 0 Å². The summed E-state index contributed by atoms with van der Waals surface area (Å²) in [4.78, 5) is 43.9. The van der Waals surface area contributed by atoms with Crippen molar-refractivity contribution in [1.29, 1.82) is 0 Å². The van der Waals surface area contributed by atoms with Gasteiger partial charge in [0.05, 0.1) is 29.4 Å². The van der Waals surface area contributed by atoms with Gasteiger partial charge < -0.3 is 25.4 Å². The van der Waals surface area contributed by atoms with Crippen molar-refractivity contribution in [3.63, 3.8) is 0 Å². The summed E-state index contributed by atoms with van der Waals surface area (Å²) in [7, 11) is -3.85. The number of sulfone groups is 1. The minimum Gasteiger partial charge on any atom is -0.445 e. The molecule has 0 aliphatic carbocycles. The van der Waals surface area contributed by atoms with Crippen LogP contribution >= 0.6 is 0 Å². The Balaban J connectivity index is 1.48. The summed E-state index contributed by atoms with van der Waals surface area (Å²) in [6.45, 7) is 6.71. The zero-order valence-electron chi connectivity index (χ0n) is 27.4. The third-order valence-corrected chi connectivity index (χ3v) is 10.6. The maximum atomic E-state index is 13.9. The van der Waals surface area contributed by atoms with Crippen molar-refractivity contribution >= 4 is 27.7 Å². The first-order valence-corrected chi connectivity index (χ1v) is 17.5. The van der Waals surface area contributed by atoms with Gasteiger partial charge in [0.2, 0.25) is 11.8 Å². The van der Waals surface area contributed by atoms with Crippen LogP contribution in [0.25, 0.3) is 0 Å². The highest BCUT2D eigenvalue weighted by Crippen LogP contribution is 2.32. The number of carbonyl (C=O) groups is 3. The molecule has 47 heavy (non-hydrogen) atoms. The number of rotatable bonds is 15. The standard InChI is InChI=1S/C35H44N4O7S/c1-23(2)30(26-16-10-7-11-17-26)38-29(40)20-28-31(46-28)27(19-24-13-8-6-9-14-24)37-33(41)32(35(3,4)47(5,43)44)39-34(42)45-22-25-15-12-18-36-21-25/h6-18,21,23,27-28,30-32H,19-20,22H2,1-5H3,(H,37,41)(H,38,40)(H,39,42)/t27-,28-,30+,31+,32+/m0/s1. The average molecular weight is 665 g/mol. The van der Waals surface area contributed by atoms with E-state index in [-0.39, 0.29) is 30.9 Å². The van der Waals surface area contributed by atoms with Crippen LogP contribution in [-0.2, 0) is 41.9 Å². The van der Waals surface area contributed by atoms with E-state index in [4.69, 9.17) is 9.47 Å². The average Bonchev–Trinajstić information content (AvgIpc) is 3.80. The molecule has 1 fully saturated rings. The number of ether oxygens (including phenoxy) is 2. The highest BCUT2D eigenvalue weighted by atomic mass is 32.2. The molecule has 2 heterocycles. The van der Waals surface area contributed by atoms with Gasteiger partial charge in [0, 0.05) is 24.2 Å². The molecule has 4 rings (SSSR count). The normalized spacial score (nSPS) is 18.0. The molecular weight excluding hydrogens is 620 g/mol. The van der Waals surface area contributed by atoms with E-state index in [1.165, 1.54) is 20.0 Å². The number of pyridine rings is 1. The Hall–Kier alpha value is -4.29. The van der Waals surface area contributed by atoms with Crippen LogP contribution in [0.15, 0.2) is 85.2 Å². The fraction of sp³-hybridized carbons (Fsp3) is 0.429. The lowest BCUT2D eigenvalue weighted by Crippen LogP contribution is -2.62. The molecule has 1 saturated heterocycles. The number of alkyl carbamates (subject to hydrolysis) is 1. The van der Waals surface area contributed by atoms with Gasteiger partial charge in [-0.25, -0.2) is 13.2 Å². The minimum absolute atomic E-state index is 0.0824. The number of benzene rings is 2. The molecule has 252 valence electrons. The van der Waals surface area contributed by atoms with Crippen molar-refractivity contribution in [3.05, 3.63) is 102 Å². The Morgan fingerprint density at radius 3 is 2.15 bits per heavy atom. The summed E-state index contributed by atoms with van der Waals surface area (Å²) < 4.78 is 35.2. The van der Waals surface area contributed by atoms with Crippen LogP contribution in [-0.4, -0.2) is 66.6 Å². The number of epoxide rings is 1. The molecular formula is C35H44N4O7S. The fourth-order valence-corrected chi connectivity index (χ4v) is 5.92. The second-order valence-corrected chi connectivity index (χ2v) is 15.3. The summed E-state index contributed by atoms with van der Waals surface area (Å²) in [5.74, 6) is -0.748. The third kappa shape index (κ3) is 9.85. The molecule has 2 aromatic carbocycles. The molecule has 0 unspecified atom stereocenters. The van der Waals surface area contributed by atoms with E-state index in [1.807, 2.05) is 74.5 Å². The van der Waals surface area contributed by atoms with Gasteiger partial charge in [-0.05, 0) is 43.4 Å². The van der Waals surface area contributed by atoms with Crippen LogP contribution in [0.3, 0.4) is 0 Å². The number of carbonyl (C=O) groups excluding carboxylic acids is 3. The highest BCUT2D eigenvalue weighted by Gasteiger charge is 2.49. The topological polar surface area (TPSA) is 156 Å². The van der Waals surface area contributed by atoms with Crippen molar-refractivity contribution in [1.82, 2.24) is 20.9 Å². The molecule has 5 atom stereocenters. The van der Waals surface area contributed by atoms with Gasteiger partial charge >= 0.3 is 6.09 Å². The van der Waals surface area contributed by atoms with Crippen LogP contribution in [0, 0.1) is 5.92 Å². The van der Waals surface area contributed by atoms with E-state index in [1.54, 1.807) is 18.3 Å². The summed E-state index contributed by atoms with van der Waals surface area (Å²) in [6, 6.07) is 20.3. The number of nitrogens with zero attached hydrogens (tertiary/aromatic N) is 1. The van der Waals surface area contributed by atoms with E-state index < -0.39 is 50.9 Å². The maximum absolute atomic E-state index is 13.9. The summed E-state index contributed by atoms with van der Waals surface area (Å²) in [5.41, 5.74) is 2.53. The molecule has 1 aliphatic rings. The molecule has 0 radical (unpaired) electrons. The first-order chi connectivity index (χ1) is 22.3. The van der Waals surface area contributed by atoms with E-state index in [2.05, 4.69) is 20.9 Å². The van der Waals surface area contributed by atoms with Crippen LogP contribution in [0.2, 0.25) is 0 Å². The Bertz CT molecular complexity index is 1600. The quantitative estimate of drug-likeness (QED) is 0.207. The van der Waals surface area contributed by atoms with Gasteiger partial charge in [0.15, 0.2) is 9.84 Å². The van der Waals surface area contributed by atoms with Gasteiger partial charge in [-0.2, -0.15) is 0 Å². The second kappa shape index (κ2) is 15.5. The predicted molar refractivity (Wildman–Crippen MR) is 178 cm³/mol. The van der Waals surface area contributed by atoms with Crippen molar-refractivity contribution in [2.45, 2.75) is 82.2 Å². The Labute approximate surface area is 276 Å². The summed E-state index contributed by atoms with van der Waals surface area (Å²) >= 11 is 0. The number of nitrogens with one attached hydrogen (secondary N) is 3. The first kappa shape index (κ1) is 35.6. The highest BCUT2D eigenvalue weighted by molar-refractivity contribution is 7.92. The van der Waals surface area contributed by atoms with Crippen molar-refractivity contribution < 1.29 is 32.3 Å². The third-order valence-electron chi connectivity index (χ3n) is 8.44. The molecule has 0 saturated carbocycles. The maximum Gasteiger partial charge on any atom is 0.408 e. The second-order valence-electron chi connectivity index (χ2n) is 12.7. The number of amides is 3. The molecule has 1 aliphatic heterocycles. The summed E-state index contributed by atoms with van der Waals surface area (Å²) in [6.07, 6.45) is 2.62. The Morgan fingerprint density at radius 1 is 0.915 bits per heavy atom. The van der Waals surface area contributed by atoms with Gasteiger partial charge in [-0.15, -0.1) is 0 Å². The van der Waals surface area contributed by atoms with Gasteiger partial charge in [-0.3, -0.25) is 14.6 Å². The molecule has 3 amide bonds. The molecule has 0 spiro atoms. The predicted octanol–water partition coefficient (Wildman–Crippen LogP) is 3.90. The van der Waals surface area contributed by atoms with Crippen LogP contribution < -0.4 is 16.0 Å². The molecule has 1 aromatic heterocycles. The van der Waals surface area contributed by atoms with E-state index in [0.717, 1.165) is 17.4 Å². The first-order valence-electron chi connectivity index (χ1n) is 15.6. The fourth-order valence-electron chi connectivity index (χ4n) is 5.33. The lowest BCUT2D eigenvalue weighted by Gasteiger charge is -2.33.